The molecule has 0 radical (unpaired) electrons. The van der Waals surface area contributed by atoms with E-state index < -0.39 is 0 Å². The maximum atomic E-state index is 4.23. The van der Waals surface area contributed by atoms with Gasteiger partial charge >= 0.3 is 0 Å². The molecule has 0 unspecified atom stereocenters. The fraction of sp³-hybridized carbons (Fsp3) is 0.875. The highest BCUT2D eigenvalue weighted by Gasteiger charge is 1.87. The Kier molecular flexibility index (Phi) is 20.4. The third-order valence-electron chi connectivity index (χ3n) is 1.41. The number of rotatable bonds is 5. The lowest BCUT2D eigenvalue weighted by Crippen LogP contribution is -2.20. The van der Waals surface area contributed by atoms with Gasteiger partial charge in [0.15, 0.2) is 0 Å². The maximum absolute atomic E-state index is 4.23. The van der Waals surface area contributed by atoms with E-state index in [-0.39, 0.29) is 24.8 Å². The molecule has 0 aromatic heterocycles. The standard InChI is InChI=1S/C8H18N2.2ClH/c1-4-7-9-8-10(5-2)6-3;;/h8H,4-7H2,1-3H3;2*1H. The molecule has 12 heavy (non-hydrogen) atoms. The number of halogens is 2. The lowest BCUT2D eigenvalue weighted by atomic mass is 10.5. The van der Waals surface area contributed by atoms with Crippen LogP contribution in [-0.2, 0) is 0 Å². The summed E-state index contributed by atoms with van der Waals surface area (Å²) >= 11 is 0. The van der Waals surface area contributed by atoms with Crippen molar-refractivity contribution in [2.24, 2.45) is 4.99 Å². The molecule has 0 aliphatic rings. The zero-order valence-electron chi connectivity index (χ0n) is 8.12. The van der Waals surface area contributed by atoms with Crippen molar-refractivity contribution in [3.63, 3.8) is 0 Å². The summed E-state index contributed by atoms with van der Waals surface area (Å²) in [6, 6.07) is 0. The molecule has 0 spiro atoms. The van der Waals surface area contributed by atoms with E-state index in [1.54, 1.807) is 0 Å². The molecule has 0 saturated heterocycles. The van der Waals surface area contributed by atoms with Gasteiger partial charge in [0.2, 0.25) is 0 Å². The van der Waals surface area contributed by atoms with E-state index in [1.807, 2.05) is 6.34 Å². The first-order chi connectivity index (χ1) is 4.85. The number of aliphatic imine (C=N–C) groups is 1. The molecule has 76 valence electrons. The summed E-state index contributed by atoms with van der Waals surface area (Å²) in [5, 5.41) is 0. The van der Waals surface area contributed by atoms with Gasteiger partial charge in [-0.05, 0) is 20.3 Å². The second kappa shape index (κ2) is 13.6. The van der Waals surface area contributed by atoms with Gasteiger partial charge in [0.05, 0.1) is 6.34 Å². The van der Waals surface area contributed by atoms with Crippen LogP contribution >= 0.6 is 24.8 Å². The quantitative estimate of drug-likeness (QED) is 0.508. The second-order valence-corrected chi connectivity index (χ2v) is 2.24. The molecule has 0 amide bonds. The van der Waals surface area contributed by atoms with Crippen LogP contribution in [0.1, 0.15) is 27.2 Å². The van der Waals surface area contributed by atoms with Crippen molar-refractivity contribution < 1.29 is 0 Å². The summed E-state index contributed by atoms with van der Waals surface area (Å²) in [6.07, 6.45) is 3.08. The Morgan fingerprint density at radius 2 is 1.58 bits per heavy atom. The number of nitrogens with zero attached hydrogens (tertiary/aromatic N) is 2. The summed E-state index contributed by atoms with van der Waals surface area (Å²) in [5.41, 5.74) is 0. The van der Waals surface area contributed by atoms with Crippen LogP contribution in [0.5, 0.6) is 0 Å². The first-order valence-corrected chi connectivity index (χ1v) is 4.09. The van der Waals surface area contributed by atoms with Gasteiger partial charge in [-0.15, -0.1) is 24.8 Å². The first-order valence-electron chi connectivity index (χ1n) is 4.09. The van der Waals surface area contributed by atoms with Gasteiger partial charge < -0.3 is 4.90 Å². The average Bonchev–Trinajstić information content (AvgIpc) is 1.99. The molecule has 0 bridgehead atoms. The zero-order chi connectivity index (χ0) is 7.82. The van der Waals surface area contributed by atoms with E-state index in [2.05, 4.69) is 30.7 Å². The summed E-state index contributed by atoms with van der Waals surface area (Å²) in [5.74, 6) is 0. The molecule has 0 rings (SSSR count). The number of hydrogen-bond donors (Lipinski definition) is 0. The Hall–Kier alpha value is 0.0500. The van der Waals surface area contributed by atoms with Crippen LogP contribution in [0.4, 0.5) is 0 Å². The molecule has 0 aliphatic carbocycles. The Morgan fingerprint density at radius 1 is 1.08 bits per heavy atom. The SMILES string of the molecule is CCCN=CN(CC)CC.Cl.Cl. The maximum Gasteiger partial charge on any atom is 0.0849 e. The Labute approximate surface area is 88.3 Å². The molecule has 0 aromatic rings. The monoisotopic (exact) mass is 214 g/mol. The summed E-state index contributed by atoms with van der Waals surface area (Å²) < 4.78 is 0. The van der Waals surface area contributed by atoms with Crippen LogP contribution in [0.15, 0.2) is 4.99 Å². The van der Waals surface area contributed by atoms with E-state index in [1.165, 1.54) is 0 Å². The highest BCUT2D eigenvalue weighted by Crippen LogP contribution is 1.82. The molecule has 0 aromatic carbocycles. The van der Waals surface area contributed by atoms with Gasteiger partial charge in [0, 0.05) is 19.6 Å². The van der Waals surface area contributed by atoms with E-state index in [4.69, 9.17) is 0 Å². The average molecular weight is 215 g/mol. The van der Waals surface area contributed by atoms with Crippen LogP contribution in [-0.4, -0.2) is 30.9 Å². The molecular formula is C8H20Cl2N2. The van der Waals surface area contributed by atoms with E-state index in [0.717, 1.165) is 26.1 Å². The van der Waals surface area contributed by atoms with E-state index in [0.29, 0.717) is 0 Å². The van der Waals surface area contributed by atoms with Gasteiger partial charge in [-0.25, -0.2) is 0 Å². The van der Waals surface area contributed by atoms with Gasteiger partial charge in [0.25, 0.3) is 0 Å². The van der Waals surface area contributed by atoms with Crippen LogP contribution in [0.2, 0.25) is 0 Å². The largest absolute Gasteiger partial charge is 0.364 e. The predicted octanol–water partition coefficient (Wildman–Crippen LogP) is 2.61. The molecule has 0 N–H and O–H groups in total. The van der Waals surface area contributed by atoms with Crippen LogP contribution in [0.3, 0.4) is 0 Å². The van der Waals surface area contributed by atoms with Crippen molar-refractivity contribution in [2.75, 3.05) is 19.6 Å². The number of hydrogen-bond acceptors (Lipinski definition) is 1. The summed E-state index contributed by atoms with van der Waals surface area (Å²) in [4.78, 5) is 6.42. The Bertz CT molecular complexity index is 93.1. The van der Waals surface area contributed by atoms with Gasteiger partial charge in [-0.3, -0.25) is 4.99 Å². The van der Waals surface area contributed by atoms with Crippen LogP contribution in [0.25, 0.3) is 0 Å². The smallest absolute Gasteiger partial charge is 0.0849 e. The minimum Gasteiger partial charge on any atom is -0.364 e. The zero-order valence-corrected chi connectivity index (χ0v) is 9.75. The van der Waals surface area contributed by atoms with E-state index >= 15 is 0 Å². The van der Waals surface area contributed by atoms with Crippen LogP contribution < -0.4 is 0 Å². The second-order valence-electron chi connectivity index (χ2n) is 2.24. The summed E-state index contributed by atoms with van der Waals surface area (Å²) in [7, 11) is 0. The molecule has 4 heteroatoms. The minimum absolute atomic E-state index is 0. The molecule has 0 atom stereocenters. The van der Waals surface area contributed by atoms with E-state index in [9.17, 15) is 0 Å². The topological polar surface area (TPSA) is 15.6 Å². The molecule has 0 fully saturated rings. The fourth-order valence-corrected chi connectivity index (χ4v) is 0.689. The molecule has 0 heterocycles. The van der Waals surface area contributed by atoms with Crippen LogP contribution in [0, 0.1) is 0 Å². The van der Waals surface area contributed by atoms with Crippen molar-refractivity contribution in [3.05, 3.63) is 0 Å². The Balaban J connectivity index is -0.000000405. The third-order valence-corrected chi connectivity index (χ3v) is 1.41. The predicted molar refractivity (Wildman–Crippen MR) is 61.1 cm³/mol. The molecular weight excluding hydrogens is 195 g/mol. The van der Waals surface area contributed by atoms with Crippen molar-refractivity contribution in [1.29, 1.82) is 0 Å². The molecule has 0 aliphatic heterocycles. The van der Waals surface area contributed by atoms with Crippen molar-refractivity contribution in [2.45, 2.75) is 27.2 Å². The van der Waals surface area contributed by atoms with Crippen molar-refractivity contribution in [3.8, 4) is 0 Å². The van der Waals surface area contributed by atoms with Crippen molar-refractivity contribution >= 4 is 31.2 Å². The highest BCUT2D eigenvalue weighted by atomic mass is 35.5. The lowest BCUT2D eigenvalue weighted by Gasteiger charge is -2.12. The summed E-state index contributed by atoms with van der Waals surface area (Å²) in [6.45, 7) is 9.49. The highest BCUT2D eigenvalue weighted by molar-refractivity contribution is 5.85. The third kappa shape index (κ3) is 10.0. The fourth-order valence-electron chi connectivity index (χ4n) is 0.689. The van der Waals surface area contributed by atoms with Gasteiger partial charge in [-0.1, -0.05) is 6.92 Å². The molecule has 0 saturated carbocycles. The minimum atomic E-state index is 0. The Morgan fingerprint density at radius 3 is 1.92 bits per heavy atom. The first kappa shape index (κ1) is 18.0. The normalized spacial score (nSPS) is 8.92. The molecule has 2 nitrogen and oxygen atoms in total. The lowest BCUT2D eigenvalue weighted by molar-refractivity contribution is 0.477. The van der Waals surface area contributed by atoms with Gasteiger partial charge in [-0.2, -0.15) is 0 Å². The van der Waals surface area contributed by atoms with Gasteiger partial charge in [0.1, 0.15) is 0 Å². The van der Waals surface area contributed by atoms with Crippen molar-refractivity contribution in [1.82, 2.24) is 4.90 Å².